The van der Waals surface area contributed by atoms with Crippen molar-refractivity contribution in [3.05, 3.63) is 54.0 Å². The van der Waals surface area contributed by atoms with Crippen LogP contribution in [0, 0.1) is 0 Å². The first kappa shape index (κ1) is 17.7. The van der Waals surface area contributed by atoms with Gasteiger partial charge in [0.15, 0.2) is 0 Å². The summed E-state index contributed by atoms with van der Waals surface area (Å²) in [7, 11) is -3.45. The van der Waals surface area contributed by atoms with E-state index in [1.54, 1.807) is 24.7 Å². The van der Waals surface area contributed by atoms with Crippen LogP contribution in [0.2, 0.25) is 0 Å². The van der Waals surface area contributed by atoms with E-state index in [1.807, 2.05) is 13.0 Å². The van der Waals surface area contributed by atoms with Crippen molar-refractivity contribution in [1.29, 1.82) is 0 Å². The number of sulfonamides is 1. The van der Waals surface area contributed by atoms with Crippen molar-refractivity contribution in [3.63, 3.8) is 0 Å². The molecule has 0 bridgehead atoms. The van der Waals surface area contributed by atoms with Crippen molar-refractivity contribution in [2.24, 2.45) is 0 Å². The minimum absolute atomic E-state index is 0.0573. The highest BCUT2D eigenvalue weighted by molar-refractivity contribution is 7.89. The van der Waals surface area contributed by atoms with E-state index in [9.17, 15) is 13.2 Å². The molecule has 25 heavy (non-hydrogen) atoms. The number of rotatable bonds is 6. The van der Waals surface area contributed by atoms with Crippen LogP contribution >= 0.6 is 0 Å². The Kier molecular flexibility index (Phi) is 5.24. The molecular weight excluding hydrogens is 340 g/mol. The number of hydrogen-bond acceptors (Lipinski definition) is 4. The van der Waals surface area contributed by atoms with Gasteiger partial charge in [0.25, 0.3) is 5.91 Å². The van der Waals surface area contributed by atoms with Crippen LogP contribution in [0.25, 0.3) is 0 Å². The van der Waals surface area contributed by atoms with Crippen molar-refractivity contribution in [2.45, 2.75) is 37.1 Å². The van der Waals surface area contributed by atoms with E-state index in [0.717, 1.165) is 18.4 Å². The molecule has 2 heterocycles. The van der Waals surface area contributed by atoms with Crippen molar-refractivity contribution < 1.29 is 17.6 Å². The first-order chi connectivity index (χ1) is 12.0. The summed E-state index contributed by atoms with van der Waals surface area (Å²) in [6.07, 6.45) is 5.72. The van der Waals surface area contributed by atoms with Crippen LogP contribution in [0.5, 0.6) is 0 Å². The zero-order valence-electron chi connectivity index (χ0n) is 14.1. The van der Waals surface area contributed by atoms with Gasteiger partial charge in [-0.2, -0.15) is 4.31 Å². The van der Waals surface area contributed by atoms with Crippen molar-refractivity contribution in [2.75, 3.05) is 13.1 Å². The Labute approximate surface area is 147 Å². The Bertz CT molecular complexity index is 807. The second kappa shape index (κ2) is 7.41. The third-order valence-corrected chi connectivity index (χ3v) is 6.23. The van der Waals surface area contributed by atoms with Gasteiger partial charge in [0.05, 0.1) is 17.4 Å². The van der Waals surface area contributed by atoms with Gasteiger partial charge >= 0.3 is 0 Å². The number of amides is 1. The molecule has 6 nitrogen and oxygen atoms in total. The molecule has 0 aliphatic carbocycles. The summed E-state index contributed by atoms with van der Waals surface area (Å²) >= 11 is 0. The molecular formula is C18H22N2O4S. The highest BCUT2D eigenvalue weighted by Crippen LogP contribution is 2.21. The number of hydrogen-bond donors (Lipinski definition) is 1. The second-order valence-electron chi connectivity index (χ2n) is 6.35. The quantitative estimate of drug-likeness (QED) is 0.856. The third-order valence-electron chi connectivity index (χ3n) is 4.32. The lowest BCUT2D eigenvalue weighted by molar-refractivity contribution is 0.0940. The molecule has 134 valence electrons. The maximum absolute atomic E-state index is 12.5. The Morgan fingerprint density at radius 3 is 2.48 bits per heavy atom. The molecule has 0 saturated carbocycles. The summed E-state index contributed by atoms with van der Waals surface area (Å²) in [4.78, 5) is 12.5. The molecule has 2 aromatic rings. The molecule has 0 radical (unpaired) electrons. The lowest BCUT2D eigenvalue weighted by atomic mass is 10.1. The number of nitrogens with one attached hydrogen (secondary N) is 1. The number of benzene rings is 1. The third kappa shape index (κ3) is 4.11. The zero-order chi connectivity index (χ0) is 17.9. The standard InChI is InChI=1S/C18H22N2O4S/c1-14(12-15-8-11-24-13-15)19-18(21)16-4-6-17(7-5-16)25(22,23)20-9-2-3-10-20/h4-8,11,13-14H,2-3,9-10,12H2,1H3,(H,19,21). The van der Waals surface area contributed by atoms with Crippen LogP contribution in [0.1, 0.15) is 35.7 Å². The molecule has 0 spiro atoms. The summed E-state index contributed by atoms with van der Waals surface area (Å²) in [6, 6.07) is 7.93. The molecule has 1 unspecified atom stereocenters. The molecule has 1 aliphatic rings. The zero-order valence-corrected chi connectivity index (χ0v) is 15.0. The Balaban J connectivity index is 1.64. The summed E-state index contributed by atoms with van der Waals surface area (Å²) in [5.74, 6) is -0.221. The van der Waals surface area contributed by atoms with Crippen molar-refractivity contribution in [3.8, 4) is 0 Å². The van der Waals surface area contributed by atoms with Crippen molar-refractivity contribution in [1.82, 2.24) is 9.62 Å². The Morgan fingerprint density at radius 1 is 1.20 bits per heavy atom. The molecule has 1 aliphatic heterocycles. The van der Waals surface area contributed by atoms with E-state index in [2.05, 4.69) is 5.32 Å². The van der Waals surface area contributed by atoms with Crippen LogP contribution in [-0.4, -0.2) is 37.8 Å². The van der Waals surface area contributed by atoms with Crippen LogP contribution in [0.15, 0.2) is 52.2 Å². The largest absolute Gasteiger partial charge is 0.472 e. The monoisotopic (exact) mass is 362 g/mol. The molecule has 1 amide bonds. The predicted molar refractivity (Wildman–Crippen MR) is 93.8 cm³/mol. The van der Waals surface area contributed by atoms with E-state index >= 15 is 0 Å². The van der Waals surface area contributed by atoms with Gasteiger partial charge in [0.2, 0.25) is 10.0 Å². The molecule has 1 saturated heterocycles. The highest BCUT2D eigenvalue weighted by atomic mass is 32.2. The Hall–Kier alpha value is -2.12. The fourth-order valence-electron chi connectivity index (χ4n) is 2.98. The number of nitrogens with zero attached hydrogens (tertiary/aromatic N) is 1. The second-order valence-corrected chi connectivity index (χ2v) is 8.28. The summed E-state index contributed by atoms with van der Waals surface area (Å²) in [6.45, 7) is 3.04. The normalized spacial score (nSPS) is 16.7. The van der Waals surface area contributed by atoms with Gasteiger partial charge in [0.1, 0.15) is 0 Å². The molecule has 1 aromatic carbocycles. The van der Waals surface area contributed by atoms with Gasteiger partial charge in [-0.05, 0) is 62.1 Å². The minimum atomic E-state index is -3.45. The molecule has 3 rings (SSSR count). The van der Waals surface area contributed by atoms with Gasteiger partial charge in [-0.1, -0.05) is 0 Å². The maximum Gasteiger partial charge on any atom is 0.251 e. The maximum atomic E-state index is 12.5. The first-order valence-corrected chi connectivity index (χ1v) is 9.83. The summed E-state index contributed by atoms with van der Waals surface area (Å²) < 4.78 is 31.5. The van der Waals surface area contributed by atoms with Crippen LogP contribution in [0.3, 0.4) is 0 Å². The summed E-state index contributed by atoms with van der Waals surface area (Å²) in [5, 5.41) is 2.91. The Morgan fingerprint density at radius 2 is 1.88 bits per heavy atom. The van der Waals surface area contributed by atoms with Gasteiger partial charge in [0, 0.05) is 24.7 Å². The van der Waals surface area contributed by atoms with Crippen LogP contribution in [0.4, 0.5) is 0 Å². The molecule has 1 fully saturated rings. The lowest BCUT2D eigenvalue weighted by Gasteiger charge is -2.16. The smallest absolute Gasteiger partial charge is 0.251 e. The average Bonchev–Trinajstić information content (AvgIpc) is 3.28. The summed E-state index contributed by atoms with van der Waals surface area (Å²) in [5.41, 5.74) is 1.46. The van der Waals surface area contributed by atoms with Gasteiger partial charge in [-0.3, -0.25) is 4.79 Å². The number of furan rings is 1. The van der Waals surface area contributed by atoms with Gasteiger partial charge in [-0.25, -0.2) is 8.42 Å². The molecule has 1 aromatic heterocycles. The van der Waals surface area contributed by atoms with E-state index < -0.39 is 10.0 Å². The molecule has 1 atom stereocenters. The lowest BCUT2D eigenvalue weighted by Crippen LogP contribution is -2.34. The number of carbonyl (C=O) groups excluding carboxylic acids is 1. The van der Waals surface area contributed by atoms with Crippen LogP contribution in [-0.2, 0) is 16.4 Å². The van der Waals surface area contributed by atoms with Gasteiger partial charge < -0.3 is 9.73 Å². The van der Waals surface area contributed by atoms with E-state index in [1.165, 1.54) is 16.4 Å². The first-order valence-electron chi connectivity index (χ1n) is 8.39. The van der Waals surface area contributed by atoms with Gasteiger partial charge in [-0.15, -0.1) is 0 Å². The van der Waals surface area contributed by atoms with E-state index in [4.69, 9.17) is 4.42 Å². The minimum Gasteiger partial charge on any atom is -0.472 e. The SMILES string of the molecule is CC(Cc1ccoc1)NC(=O)c1ccc(S(=O)(=O)N2CCCC2)cc1. The fourth-order valence-corrected chi connectivity index (χ4v) is 4.49. The van der Waals surface area contributed by atoms with E-state index in [-0.39, 0.29) is 16.8 Å². The number of carbonyl (C=O) groups is 1. The highest BCUT2D eigenvalue weighted by Gasteiger charge is 2.27. The average molecular weight is 362 g/mol. The van der Waals surface area contributed by atoms with Crippen LogP contribution < -0.4 is 5.32 Å². The predicted octanol–water partition coefficient (Wildman–Crippen LogP) is 2.43. The molecule has 7 heteroatoms. The fraction of sp³-hybridized carbons (Fsp3) is 0.389. The van der Waals surface area contributed by atoms with Crippen molar-refractivity contribution >= 4 is 15.9 Å². The van der Waals surface area contributed by atoms with E-state index in [0.29, 0.717) is 25.1 Å². The topological polar surface area (TPSA) is 79.6 Å². The molecule has 1 N–H and O–H groups in total.